The summed E-state index contributed by atoms with van der Waals surface area (Å²) in [6.45, 7) is 0.284. The third-order valence-electron chi connectivity index (χ3n) is 5.35. The van der Waals surface area contributed by atoms with Crippen LogP contribution in [0.1, 0.15) is 42.6 Å². The lowest BCUT2D eigenvalue weighted by atomic mass is 9.80. The Hall–Kier alpha value is -2.02. The molecule has 1 saturated carbocycles. The van der Waals surface area contributed by atoms with Crippen LogP contribution >= 0.6 is 11.8 Å². The first-order chi connectivity index (χ1) is 13.6. The smallest absolute Gasteiger partial charge is 0.373 e. The van der Waals surface area contributed by atoms with Crippen LogP contribution in [0.15, 0.2) is 11.4 Å². The van der Waals surface area contributed by atoms with Gasteiger partial charge in [-0.3, -0.25) is 4.79 Å². The van der Waals surface area contributed by atoms with Crippen LogP contribution in [0.4, 0.5) is 13.2 Å². The molecular weight excluding hydrogens is 433 g/mol. The number of thioether (sulfide) groups is 1. The molecule has 0 radical (unpaired) electrons. The predicted molar refractivity (Wildman–Crippen MR) is 98.3 cm³/mol. The fraction of sp³-hybridized carbons (Fsp3) is 0.562. The summed E-state index contributed by atoms with van der Waals surface area (Å²) in [5.74, 6) is -1.40. The van der Waals surface area contributed by atoms with Crippen molar-refractivity contribution in [3.05, 3.63) is 11.9 Å². The molecule has 3 heterocycles. The van der Waals surface area contributed by atoms with E-state index < -0.39 is 32.8 Å². The van der Waals surface area contributed by atoms with Crippen LogP contribution in [-0.4, -0.2) is 47.2 Å². The van der Waals surface area contributed by atoms with Gasteiger partial charge in [-0.05, 0) is 19.1 Å². The maximum absolute atomic E-state index is 13.0. The van der Waals surface area contributed by atoms with Crippen LogP contribution in [0.5, 0.6) is 5.75 Å². The maximum atomic E-state index is 13.0. The van der Waals surface area contributed by atoms with E-state index in [4.69, 9.17) is 0 Å². The van der Waals surface area contributed by atoms with Gasteiger partial charge in [0.1, 0.15) is 5.65 Å². The zero-order chi connectivity index (χ0) is 21.0. The third kappa shape index (κ3) is 3.14. The fourth-order valence-corrected chi connectivity index (χ4v) is 4.87. The van der Waals surface area contributed by atoms with Gasteiger partial charge in [-0.2, -0.15) is 21.6 Å². The van der Waals surface area contributed by atoms with Crippen molar-refractivity contribution < 1.29 is 30.6 Å². The second kappa shape index (κ2) is 6.76. The molecular formula is C16H17F3N4O4S2. The minimum atomic E-state index is -5.98. The highest BCUT2D eigenvalue weighted by Gasteiger charge is 2.51. The van der Waals surface area contributed by atoms with E-state index in [1.54, 1.807) is 10.8 Å². The monoisotopic (exact) mass is 450 g/mol. The third-order valence-corrected chi connectivity index (χ3v) is 6.87. The highest BCUT2D eigenvalue weighted by Crippen LogP contribution is 2.45. The molecule has 2 aliphatic rings. The minimum absolute atomic E-state index is 0.0485. The number of carbonyl (C=O) groups excluding carboxylic acids is 1. The van der Waals surface area contributed by atoms with Crippen LogP contribution in [0, 0.1) is 0 Å². The van der Waals surface area contributed by atoms with Crippen molar-refractivity contribution in [3.63, 3.8) is 0 Å². The Morgan fingerprint density at radius 3 is 2.59 bits per heavy atom. The van der Waals surface area contributed by atoms with Gasteiger partial charge in [0.15, 0.2) is 16.6 Å². The van der Waals surface area contributed by atoms with E-state index in [-0.39, 0.29) is 23.3 Å². The number of halogens is 3. The zero-order valence-corrected chi connectivity index (χ0v) is 16.9. The number of nitrogens with one attached hydrogen (secondary N) is 1. The molecule has 1 aliphatic heterocycles. The van der Waals surface area contributed by atoms with E-state index in [0.717, 1.165) is 19.3 Å². The van der Waals surface area contributed by atoms with E-state index >= 15 is 0 Å². The van der Waals surface area contributed by atoms with E-state index in [2.05, 4.69) is 19.5 Å². The van der Waals surface area contributed by atoms with Crippen molar-refractivity contribution in [3.8, 4) is 5.75 Å². The fourth-order valence-electron chi connectivity index (χ4n) is 4.05. The molecule has 158 valence electrons. The first-order valence-electron chi connectivity index (χ1n) is 8.84. The standard InChI is InChI=1S/C16H17F3N4O4S2/c1-28-14-20-7-9-11(27-29(25,26)16(17,18)19)10-13(24)21-8-15(5-3-2-4-6-15)23(10)12(9)22-14/h7H,2-6,8H2,1H3,(H,21,24). The van der Waals surface area contributed by atoms with Crippen molar-refractivity contribution in [2.75, 3.05) is 12.8 Å². The van der Waals surface area contributed by atoms with E-state index in [0.29, 0.717) is 18.0 Å². The Kier molecular flexibility index (Phi) is 4.72. The van der Waals surface area contributed by atoms with Crippen LogP contribution in [-0.2, 0) is 15.7 Å². The van der Waals surface area contributed by atoms with Crippen molar-refractivity contribution in [2.24, 2.45) is 0 Å². The summed E-state index contributed by atoms with van der Waals surface area (Å²) in [4.78, 5) is 21.1. The zero-order valence-electron chi connectivity index (χ0n) is 15.2. The molecule has 1 N–H and O–H groups in total. The molecule has 1 spiro atoms. The van der Waals surface area contributed by atoms with E-state index in [1.165, 1.54) is 18.0 Å². The molecule has 0 unspecified atom stereocenters. The summed E-state index contributed by atoms with van der Waals surface area (Å²) in [7, 11) is -5.98. The number of amides is 1. The van der Waals surface area contributed by atoms with Gasteiger partial charge in [0, 0.05) is 12.7 Å². The molecule has 29 heavy (non-hydrogen) atoms. The number of hydrogen-bond donors (Lipinski definition) is 1. The maximum Gasteiger partial charge on any atom is 0.534 e. The van der Waals surface area contributed by atoms with Crippen molar-refractivity contribution in [2.45, 2.75) is 48.3 Å². The second-order valence-electron chi connectivity index (χ2n) is 7.06. The Bertz CT molecular complexity index is 1090. The van der Waals surface area contributed by atoms with Crippen molar-refractivity contribution in [1.29, 1.82) is 0 Å². The predicted octanol–water partition coefficient (Wildman–Crippen LogP) is 2.78. The lowest BCUT2D eigenvalue weighted by molar-refractivity contribution is -0.0500. The quantitative estimate of drug-likeness (QED) is 0.332. The van der Waals surface area contributed by atoms with Crippen molar-refractivity contribution in [1.82, 2.24) is 19.9 Å². The normalized spacial score (nSPS) is 19.2. The average molecular weight is 450 g/mol. The van der Waals surface area contributed by atoms with Crippen LogP contribution in [0.3, 0.4) is 0 Å². The molecule has 0 saturated heterocycles. The Labute approximate surface area is 168 Å². The molecule has 4 rings (SSSR count). The molecule has 0 aromatic carbocycles. The lowest BCUT2D eigenvalue weighted by Gasteiger charge is -2.42. The second-order valence-corrected chi connectivity index (χ2v) is 9.37. The summed E-state index contributed by atoms with van der Waals surface area (Å²) < 4.78 is 68.4. The number of nitrogens with zero attached hydrogens (tertiary/aromatic N) is 3. The Balaban J connectivity index is 2.03. The minimum Gasteiger partial charge on any atom is -0.373 e. The van der Waals surface area contributed by atoms with Crippen LogP contribution in [0.25, 0.3) is 11.0 Å². The Morgan fingerprint density at radius 1 is 1.28 bits per heavy atom. The molecule has 8 nitrogen and oxygen atoms in total. The molecule has 2 aromatic rings. The molecule has 0 bridgehead atoms. The van der Waals surface area contributed by atoms with E-state index in [9.17, 15) is 26.4 Å². The number of fused-ring (bicyclic) bond motifs is 4. The first-order valence-corrected chi connectivity index (χ1v) is 11.5. The summed E-state index contributed by atoms with van der Waals surface area (Å²) in [5, 5.41) is 2.98. The summed E-state index contributed by atoms with van der Waals surface area (Å²) >= 11 is 1.22. The van der Waals surface area contributed by atoms with Gasteiger partial charge in [-0.1, -0.05) is 31.0 Å². The molecule has 13 heteroatoms. The average Bonchev–Trinajstić information content (AvgIpc) is 2.99. The summed E-state index contributed by atoms with van der Waals surface area (Å²) in [5.41, 5.74) is -6.31. The van der Waals surface area contributed by atoms with Gasteiger partial charge in [0.05, 0.1) is 10.9 Å². The number of hydrogen-bond acceptors (Lipinski definition) is 7. The van der Waals surface area contributed by atoms with E-state index in [1.807, 2.05) is 0 Å². The molecule has 2 aromatic heterocycles. The topological polar surface area (TPSA) is 103 Å². The van der Waals surface area contributed by atoms with Gasteiger partial charge < -0.3 is 14.1 Å². The number of rotatable bonds is 3. The van der Waals surface area contributed by atoms with Gasteiger partial charge in [-0.15, -0.1) is 0 Å². The van der Waals surface area contributed by atoms with Crippen LogP contribution in [0.2, 0.25) is 0 Å². The largest absolute Gasteiger partial charge is 0.534 e. The number of aromatic nitrogens is 3. The highest BCUT2D eigenvalue weighted by molar-refractivity contribution is 7.98. The number of alkyl halides is 3. The molecule has 1 aliphatic carbocycles. The van der Waals surface area contributed by atoms with Crippen molar-refractivity contribution >= 4 is 38.8 Å². The Morgan fingerprint density at radius 2 is 1.97 bits per heavy atom. The summed E-state index contributed by atoms with van der Waals surface area (Å²) in [6, 6.07) is 0. The lowest BCUT2D eigenvalue weighted by Crippen LogP contribution is -2.52. The first kappa shape index (κ1) is 20.3. The highest BCUT2D eigenvalue weighted by atomic mass is 32.2. The molecule has 1 amide bonds. The van der Waals surface area contributed by atoms with Gasteiger partial charge in [0.2, 0.25) is 0 Å². The molecule has 0 atom stereocenters. The SMILES string of the molecule is CSc1ncc2c(OS(=O)(=O)C(F)(F)F)c3n(c2n1)C1(CCCCC1)CNC3=O. The number of carbonyl (C=O) groups is 1. The molecule has 1 fully saturated rings. The van der Waals surface area contributed by atoms with Gasteiger partial charge in [0.25, 0.3) is 5.91 Å². The van der Waals surface area contributed by atoms with Gasteiger partial charge >= 0.3 is 15.6 Å². The van der Waals surface area contributed by atoms with Crippen LogP contribution < -0.4 is 9.50 Å². The summed E-state index contributed by atoms with van der Waals surface area (Å²) in [6.07, 6.45) is 7.02. The van der Waals surface area contributed by atoms with Gasteiger partial charge in [-0.25, -0.2) is 9.97 Å².